The highest BCUT2D eigenvalue weighted by atomic mass is 32.1. The quantitative estimate of drug-likeness (QED) is 0.481. The first-order valence-corrected chi connectivity index (χ1v) is 20.2. The van der Waals surface area contributed by atoms with E-state index in [0.717, 1.165) is 67.3 Å². The lowest BCUT2D eigenvalue weighted by Crippen LogP contribution is -2.59. The molecule has 2 atom stereocenters. The lowest BCUT2D eigenvalue weighted by Gasteiger charge is -2.44. The summed E-state index contributed by atoms with van der Waals surface area (Å²) in [6, 6.07) is 9.98. The number of aryl methyl sites for hydroxylation is 1. The van der Waals surface area contributed by atoms with Gasteiger partial charge in [0, 0.05) is 74.7 Å². The zero-order valence-corrected chi connectivity index (χ0v) is 31.8. The number of aromatic nitrogens is 1. The van der Waals surface area contributed by atoms with Crippen LogP contribution in [0.3, 0.4) is 0 Å². The van der Waals surface area contributed by atoms with Crippen LogP contribution in [0.25, 0.3) is 0 Å². The predicted octanol–water partition coefficient (Wildman–Crippen LogP) is 3.09. The number of likely N-dealkylation sites (tertiary alicyclic amines) is 1. The van der Waals surface area contributed by atoms with E-state index < -0.39 is 5.54 Å². The zero-order chi connectivity index (χ0) is 36.4. The molecule has 2 aromatic rings. The molecule has 0 radical (unpaired) electrons. The number of carbonyl (C=O) groups is 4. The van der Waals surface area contributed by atoms with E-state index in [1.54, 1.807) is 16.2 Å². The van der Waals surface area contributed by atoms with Crippen molar-refractivity contribution in [3.63, 3.8) is 0 Å². The van der Waals surface area contributed by atoms with Gasteiger partial charge in [0.1, 0.15) is 5.75 Å². The molecule has 52 heavy (non-hydrogen) atoms. The van der Waals surface area contributed by atoms with Crippen molar-refractivity contribution < 1.29 is 23.9 Å². The van der Waals surface area contributed by atoms with Gasteiger partial charge in [-0.1, -0.05) is 32.0 Å². The number of benzene rings is 1. The van der Waals surface area contributed by atoms with Crippen LogP contribution in [0.4, 0.5) is 0 Å². The maximum absolute atomic E-state index is 14.2. The standard InChI is InChI=1S/C39H55N7O5S/c1-26(2)40-29-21-33-38(50)45-15-9-28(10-16-45)37-41-32(27(3)52-37)22-34(47)42-39(23-35(48)43-17-11-30(12-18-43)46(33)24-29)13-19-44(20-14-39)36(49)25-51-31-7-5-4-6-8-31/h4-8,26,28-30,33,40H,9-25H2,1-3H3,(H,42,47)/t29-,33-/m0/s1. The van der Waals surface area contributed by atoms with Crippen LogP contribution in [0, 0.1) is 6.92 Å². The Morgan fingerprint density at radius 3 is 2.38 bits per heavy atom. The van der Waals surface area contributed by atoms with Crippen LogP contribution in [0.5, 0.6) is 5.75 Å². The van der Waals surface area contributed by atoms with E-state index in [2.05, 4.69) is 34.3 Å². The summed E-state index contributed by atoms with van der Waals surface area (Å²) in [5.74, 6) is 0.941. The number of hydrogen-bond donors (Lipinski definition) is 2. The van der Waals surface area contributed by atoms with E-state index in [4.69, 9.17) is 9.72 Å². The summed E-state index contributed by atoms with van der Waals surface area (Å²) in [4.78, 5) is 69.5. The number of para-hydroxylation sites is 1. The van der Waals surface area contributed by atoms with Crippen molar-refractivity contribution >= 4 is 35.0 Å². The Hall–Kier alpha value is -3.55. The predicted molar refractivity (Wildman–Crippen MR) is 199 cm³/mol. The maximum Gasteiger partial charge on any atom is 0.260 e. The van der Waals surface area contributed by atoms with Crippen LogP contribution in [0.1, 0.15) is 86.7 Å². The number of hydrogen-bond acceptors (Lipinski definition) is 9. The third-order valence-electron chi connectivity index (χ3n) is 11.9. The van der Waals surface area contributed by atoms with E-state index in [1.807, 2.05) is 42.2 Å². The number of thiazole rings is 1. The second-order valence-corrected chi connectivity index (χ2v) is 17.1. The fraction of sp³-hybridized carbons (Fsp3) is 0.667. The van der Waals surface area contributed by atoms with Crippen LogP contribution in [0.2, 0.25) is 0 Å². The number of carbonyl (C=O) groups excluding carboxylic acids is 4. The fourth-order valence-electron chi connectivity index (χ4n) is 9.07. The lowest BCUT2D eigenvalue weighted by molar-refractivity contribution is -0.141. The second kappa shape index (κ2) is 15.8. The van der Waals surface area contributed by atoms with Crippen LogP contribution in [-0.4, -0.2) is 130 Å². The van der Waals surface area contributed by atoms with Gasteiger partial charge < -0.3 is 30.1 Å². The van der Waals surface area contributed by atoms with Gasteiger partial charge in [0.25, 0.3) is 5.91 Å². The van der Waals surface area contributed by atoms with E-state index in [1.165, 1.54) is 0 Å². The van der Waals surface area contributed by atoms with Crippen molar-refractivity contribution in [2.24, 2.45) is 0 Å². The number of rotatable bonds is 5. The van der Waals surface area contributed by atoms with E-state index in [-0.39, 0.29) is 67.1 Å². The smallest absolute Gasteiger partial charge is 0.260 e. The summed E-state index contributed by atoms with van der Waals surface area (Å²) >= 11 is 1.66. The summed E-state index contributed by atoms with van der Waals surface area (Å²) in [6.07, 6.45) is 5.51. The molecule has 6 bridgehead atoms. The first kappa shape index (κ1) is 36.8. The Kier molecular flexibility index (Phi) is 11.2. The number of nitrogens with one attached hydrogen (secondary N) is 2. The summed E-state index contributed by atoms with van der Waals surface area (Å²) in [7, 11) is 0. The first-order chi connectivity index (χ1) is 25.1. The molecule has 0 saturated carbocycles. The minimum absolute atomic E-state index is 0.0317. The Morgan fingerprint density at radius 2 is 1.69 bits per heavy atom. The molecule has 13 heteroatoms. The molecule has 7 aliphatic rings. The van der Waals surface area contributed by atoms with Gasteiger partial charge in [0.05, 0.1) is 35.1 Å². The average molecular weight is 734 g/mol. The maximum atomic E-state index is 14.2. The average Bonchev–Trinajstić information content (AvgIpc) is 3.73. The van der Waals surface area contributed by atoms with Gasteiger partial charge in [-0.25, -0.2) is 4.98 Å². The van der Waals surface area contributed by atoms with Crippen molar-refractivity contribution in [2.45, 2.75) is 114 Å². The molecule has 9 rings (SSSR count). The van der Waals surface area contributed by atoms with E-state index >= 15 is 0 Å². The minimum Gasteiger partial charge on any atom is -0.484 e. The molecule has 4 amide bonds. The van der Waals surface area contributed by atoms with Crippen molar-refractivity contribution in [1.29, 1.82) is 0 Å². The minimum atomic E-state index is -0.759. The largest absolute Gasteiger partial charge is 0.484 e. The van der Waals surface area contributed by atoms with Gasteiger partial charge in [-0.15, -0.1) is 11.3 Å². The monoisotopic (exact) mass is 733 g/mol. The molecule has 282 valence electrons. The third kappa shape index (κ3) is 8.31. The highest BCUT2D eigenvalue weighted by molar-refractivity contribution is 7.11. The van der Waals surface area contributed by atoms with Crippen molar-refractivity contribution in [2.75, 3.05) is 52.4 Å². The van der Waals surface area contributed by atoms with Gasteiger partial charge in [-0.05, 0) is 64.0 Å². The molecule has 2 N–H and O–H groups in total. The summed E-state index contributed by atoms with van der Waals surface area (Å²) in [6.45, 7) is 10.7. The first-order valence-electron chi connectivity index (χ1n) is 19.4. The Balaban J connectivity index is 1.10. The van der Waals surface area contributed by atoms with Crippen molar-refractivity contribution in [3.8, 4) is 5.75 Å². The molecule has 1 spiro atoms. The molecule has 0 unspecified atom stereocenters. The Labute approximate surface area is 311 Å². The molecular weight excluding hydrogens is 679 g/mol. The van der Waals surface area contributed by atoms with Crippen molar-refractivity contribution in [3.05, 3.63) is 45.9 Å². The Morgan fingerprint density at radius 1 is 1.00 bits per heavy atom. The van der Waals surface area contributed by atoms with Crippen LogP contribution < -0.4 is 15.4 Å². The molecule has 4 saturated heterocycles. The highest BCUT2D eigenvalue weighted by Crippen LogP contribution is 2.36. The van der Waals surface area contributed by atoms with Gasteiger partial charge in [0.2, 0.25) is 17.7 Å². The number of amides is 4. The van der Waals surface area contributed by atoms with Gasteiger partial charge in [-0.3, -0.25) is 24.1 Å². The zero-order valence-electron chi connectivity index (χ0n) is 31.0. The second-order valence-electron chi connectivity index (χ2n) is 15.9. The van der Waals surface area contributed by atoms with Gasteiger partial charge >= 0.3 is 0 Å². The molecule has 0 aliphatic carbocycles. The SMILES string of the molecule is Cc1sc2nc1CC(=O)NC1(CCN(C(=O)COc3ccccc3)CC1)CC(=O)N1CCC(CC1)N1C[C@@H](NC(C)C)C[C@H]1C(=O)N1CCC2CC1. The Bertz CT molecular complexity index is 1590. The molecular formula is C39H55N7O5S. The molecule has 12 nitrogen and oxygen atoms in total. The van der Waals surface area contributed by atoms with Gasteiger partial charge in [-0.2, -0.15) is 0 Å². The van der Waals surface area contributed by atoms with Crippen LogP contribution in [0.15, 0.2) is 30.3 Å². The molecule has 8 heterocycles. The van der Waals surface area contributed by atoms with Crippen LogP contribution >= 0.6 is 11.3 Å². The number of piperidine rings is 3. The van der Waals surface area contributed by atoms with E-state index in [9.17, 15) is 19.2 Å². The third-order valence-corrected chi connectivity index (χ3v) is 13.1. The number of ether oxygens (including phenoxy) is 1. The van der Waals surface area contributed by atoms with Crippen LogP contribution in [-0.2, 0) is 25.6 Å². The normalized spacial score (nSPS) is 25.2. The molecule has 1 aromatic heterocycles. The van der Waals surface area contributed by atoms with E-state index in [0.29, 0.717) is 50.8 Å². The van der Waals surface area contributed by atoms with Crippen molar-refractivity contribution in [1.82, 2.24) is 35.2 Å². The highest BCUT2D eigenvalue weighted by Gasteiger charge is 2.45. The number of fused-ring (bicyclic) bond motifs is 2. The topological polar surface area (TPSA) is 127 Å². The molecule has 1 aromatic carbocycles. The number of nitrogens with zero attached hydrogens (tertiary/aromatic N) is 5. The fourth-order valence-corrected chi connectivity index (χ4v) is 10.2. The molecule has 4 fully saturated rings. The van der Waals surface area contributed by atoms with Gasteiger partial charge in [0.15, 0.2) is 6.61 Å². The summed E-state index contributed by atoms with van der Waals surface area (Å²) in [5, 5.41) is 8.07. The summed E-state index contributed by atoms with van der Waals surface area (Å²) < 4.78 is 5.73. The lowest BCUT2D eigenvalue weighted by atomic mass is 9.83. The molecule has 7 aliphatic heterocycles. The summed E-state index contributed by atoms with van der Waals surface area (Å²) in [5.41, 5.74) is 0.0231.